The maximum Gasteiger partial charge on any atom is 0.0571 e. The van der Waals surface area contributed by atoms with Gasteiger partial charge in [-0.3, -0.25) is 4.68 Å². The summed E-state index contributed by atoms with van der Waals surface area (Å²) in [6.45, 7) is 0.945. The number of nitrogens with one attached hydrogen (secondary N) is 1. The van der Waals surface area contributed by atoms with Crippen molar-refractivity contribution in [2.24, 2.45) is 7.05 Å². The number of hydrogen-bond donors (Lipinski definition) is 1. The Balaban J connectivity index is 2.34. The number of likely N-dealkylation sites (N-methyl/N-ethyl adjacent to an activating group) is 1. The molecule has 0 saturated carbocycles. The lowest BCUT2D eigenvalue weighted by Gasteiger charge is -2.06. The monoisotopic (exact) mass is 249 g/mol. The van der Waals surface area contributed by atoms with Gasteiger partial charge in [-0.05, 0) is 24.7 Å². The van der Waals surface area contributed by atoms with Gasteiger partial charge in [0.25, 0.3) is 0 Å². The lowest BCUT2D eigenvalue weighted by atomic mass is 10.1. The number of nitrogens with zero attached hydrogens (tertiary/aromatic N) is 2. The van der Waals surface area contributed by atoms with Crippen LogP contribution in [0.15, 0.2) is 30.5 Å². The maximum absolute atomic E-state index is 5.90. The first-order chi connectivity index (χ1) is 8.22. The standard InChI is InChI=1S/C13H16ClN3/c1-15-8-7-13-12(9-16-17(13)2)10-3-5-11(14)6-4-10/h3-6,9,15H,7-8H2,1-2H3. The molecule has 2 rings (SSSR count). The SMILES string of the molecule is CNCCc1c(-c2ccc(Cl)cc2)cnn1C. The first-order valence-electron chi connectivity index (χ1n) is 5.64. The van der Waals surface area contributed by atoms with Gasteiger partial charge in [-0.25, -0.2) is 0 Å². The van der Waals surface area contributed by atoms with Crippen molar-refractivity contribution in [3.05, 3.63) is 41.2 Å². The predicted octanol–water partition coefficient (Wildman–Crippen LogP) is 2.50. The van der Waals surface area contributed by atoms with Crippen LogP contribution in [0, 0.1) is 0 Å². The third-order valence-corrected chi connectivity index (χ3v) is 3.08. The summed E-state index contributed by atoms with van der Waals surface area (Å²) in [6, 6.07) is 7.88. The van der Waals surface area contributed by atoms with Gasteiger partial charge in [0, 0.05) is 36.3 Å². The first-order valence-corrected chi connectivity index (χ1v) is 6.01. The maximum atomic E-state index is 5.90. The minimum Gasteiger partial charge on any atom is -0.319 e. The number of aromatic nitrogens is 2. The fraction of sp³-hybridized carbons (Fsp3) is 0.308. The summed E-state index contributed by atoms with van der Waals surface area (Å²) >= 11 is 5.90. The number of benzene rings is 1. The molecule has 90 valence electrons. The fourth-order valence-corrected chi connectivity index (χ4v) is 2.00. The second kappa shape index (κ2) is 5.34. The van der Waals surface area contributed by atoms with Gasteiger partial charge in [-0.1, -0.05) is 23.7 Å². The van der Waals surface area contributed by atoms with Gasteiger partial charge in [0.15, 0.2) is 0 Å². The number of rotatable bonds is 4. The molecule has 1 heterocycles. The van der Waals surface area contributed by atoms with Crippen molar-refractivity contribution in [1.29, 1.82) is 0 Å². The Bertz CT molecular complexity index is 488. The van der Waals surface area contributed by atoms with E-state index >= 15 is 0 Å². The van der Waals surface area contributed by atoms with E-state index < -0.39 is 0 Å². The van der Waals surface area contributed by atoms with E-state index in [1.807, 2.05) is 49.2 Å². The summed E-state index contributed by atoms with van der Waals surface area (Å²) in [7, 11) is 3.93. The molecule has 0 unspecified atom stereocenters. The molecule has 0 bridgehead atoms. The van der Waals surface area contributed by atoms with Gasteiger partial charge in [-0.2, -0.15) is 5.10 Å². The van der Waals surface area contributed by atoms with Crippen LogP contribution in [0.4, 0.5) is 0 Å². The van der Waals surface area contributed by atoms with E-state index in [1.165, 1.54) is 11.3 Å². The molecule has 1 N–H and O–H groups in total. The van der Waals surface area contributed by atoms with E-state index in [4.69, 9.17) is 11.6 Å². The van der Waals surface area contributed by atoms with Crippen LogP contribution in [0.2, 0.25) is 5.02 Å². The molecule has 0 radical (unpaired) electrons. The molecule has 0 aliphatic rings. The van der Waals surface area contributed by atoms with Crippen LogP contribution in [-0.4, -0.2) is 23.4 Å². The molecular formula is C13H16ClN3. The lowest BCUT2D eigenvalue weighted by Crippen LogP contribution is -2.13. The number of hydrogen-bond acceptors (Lipinski definition) is 2. The predicted molar refractivity (Wildman–Crippen MR) is 71.3 cm³/mol. The topological polar surface area (TPSA) is 29.9 Å². The smallest absolute Gasteiger partial charge is 0.0571 e. The normalized spacial score (nSPS) is 10.8. The molecular weight excluding hydrogens is 234 g/mol. The molecule has 4 heteroatoms. The number of halogens is 1. The third kappa shape index (κ3) is 2.68. The fourth-order valence-electron chi connectivity index (χ4n) is 1.87. The second-order valence-corrected chi connectivity index (χ2v) is 4.43. The highest BCUT2D eigenvalue weighted by atomic mass is 35.5. The average Bonchev–Trinajstić information content (AvgIpc) is 2.69. The molecule has 1 aromatic carbocycles. The highest BCUT2D eigenvalue weighted by molar-refractivity contribution is 6.30. The Labute approximate surface area is 106 Å². The third-order valence-electron chi connectivity index (χ3n) is 2.83. The second-order valence-electron chi connectivity index (χ2n) is 3.99. The van der Waals surface area contributed by atoms with Crippen LogP contribution in [0.25, 0.3) is 11.1 Å². The van der Waals surface area contributed by atoms with Gasteiger partial charge in [0.2, 0.25) is 0 Å². The average molecular weight is 250 g/mol. The van der Waals surface area contributed by atoms with Crippen LogP contribution in [-0.2, 0) is 13.5 Å². The van der Waals surface area contributed by atoms with Crippen molar-refractivity contribution >= 4 is 11.6 Å². The van der Waals surface area contributed by atoms with E-state index in [2.05, 4.69) is 10.4 Å². The van der Waals surface area contributed by atoms with Gasteiger partial charge in [0.1, 0.15) is 0 Å². The largest absolute Gasteiger partial charge is 0.319 e. The highest BCUT2D eigenvalue weighted by Gasteiger charge is 2.09. The summed E-state index contributed by atoms with van der Waals surface area (Å²) in [6.07, 6.45) is 2.87. The quantitative estimate of drug-likeness (QED) is 0.902. The summed E-state index contributed by atoms with van der Waals surface area (Å²) in [5, 5.41) is 8.24. The van der Waals surface area contributed by atoms with Crippen LogP contribution < -0.4 is 5.32 Å². The van der Waals surface area contributed by atoms with Crippen molar-refractivity contribution in [2.45, 2.75) is 6.42 Å². The van der Waals surface area contributed by atoms with Gasteiger partial charge in [-0.15, -0.1) is 0 Å². The number of aryl methyl sites for hydroxylation is 1. The Morgan fingerprint density at radius 1 is 1.29 bits per heavy atom. The molecule has 2 aromatic rings. The van der Waals surface area contributed by atoms with Crippen molar-refractivity contribution in [3.8, 4) is 11.1 Å². The van der Waals surface area contributed by atoms with Crippen molar-refractivity contribution in [2.75, 3.05) is 13.6 Å². The zero-order valence-electron chi connectivity index (χ0n) is 10.1. The molecule has 3 nitrogen and oxygen atoms in total. The zero-order chi connectivity index (χ0) is 12.3. The van der Waals surface area contributed by atoms with E-state index in [9.17, 15) is 0 Å². The van der Waals surface area contributed by atoms with Crippen LogP contribution >= 0.6 is 11.6 Å². The summed E-state index contributed by atoms with van der Waals surface area (Å²) in [4.78, 5) is 0. The van der Waals surface area contributed by atoms with Gasteiger partial charge < -0.3 is 5.32 Å². The minimum atomic E-state index is 0.759. The van der Waals surface area contributed by atoms with Gasteiger partial charge in [0.05, 0.1) is 6.20 Å². The van der Waals surface area contributed by atoms with E-state index in [-0.39, 0.29) is 0 Å². The molecule has 0 aliphatic heterocycles. The summed E-state index contributed by atoms with van der Waals surface area (Å²) in [5.41, 5.74) is 3.58. The Hall–Kier alpha value is -1.32. The molecule has 17 heavy (non-hydrogen) atoms. The highest BCUT2D eigenvalue weighted by Crippen LogP contribution is 2.24. The molecule has 0 spiro atoms. The summed E-state index contributed by atoms with van der Waals surface area (Å²) < 4.78 is 1.93. The van der Waals surface area contributed by atoms with E-state index in [0.29, 0.717) is 0 Å². The van der Waals surface area contributed by atoms with Crippen molar-refractivity contribution in [3.63, 3.8) is 0 Å². The van der Waals surface area contributed by atoms with Crippen LogP contribution in [0.5, 0.6) is 0 Å². The Morgan fingerprint density at radius 3 is 2.65 bits per heavy atom. The van der Waals surface area contributed by atoms with Crippen LogP contribution in [0.3, 0.4) is 0 Å². The summed E-state index contributed by atoms with van der Waals surface area (Å²) in [5.74, 6) is 0. The zero-order valence-corrected chi connectivity index (χ0v) is 10.8. The van der Waals surface area contributed by atoms with E-state index in [0.717, 1.165) is 23.6 Å². The molecule has 1 aromatic heterocycles. The van der Waals surface area contributed by atoms with Crippen molar-refractivity contribution in [1.82, 2.24) is 15.1 Å². The van der Waals surface area contributed by atoms with E-state index in [1.54, 1.807) is 0 Å². The van der Waals surface area contributed by atoms with Crippen LogP contribution in [0.1, 0.15) is 5.69 Å². The Kier molecular flexibility index (Phi) is 3.82. The first kappa shape index (κ1) is 12.1. The molecule has 0 amide bonds. The Morgan fingerprint density at radius 2 is 2.00 bits per heavy atom. The molecule has 0 aliphatic carbocycles. The molecule has 0 atom stereocenters. The lowest BCUT2D eigenvalue weighted by molar-refractivity contribution is 0.682. The minimum absolute atomic E-state index is 0.759. The van der Waals surface area contributed by atoms with Gasteiger partial charge >= 0.3 is 0 Å². The van der Waals surface area contributed by atoms with Crippen molar-refractivity contribution < 1.29 is 0 Å². The molecule has 0 fully saturated rings. The molecule has 0 saturated heterocycles.